The van der Waals surface area contributed by atoms with Crippen molar-refractivity contribution in [3.63, 3.8) is 0 Å². The molecule has 0 aromatic heterocycles. The molecule has 4 nitrogen and oxygen atoms in total. The number of alkyl halides is 2. The van der Waals surface area contributed by atoms with E-state index in [1.807, 2.05) is 6.92 Å². The fraction of sp³-hybridized carbons (Fsp3) is 0.571. The van der Waals surface area contributed by atoms with Crippen molar-refractivity contribution in [1.29, 1.82) is 0 Å². The van der Waals surface area contributed by atoms with E-state index >= 15 is 0 Å². The Bertz CT molecular complexity index is 552. The third-order valence-electron chi connectivity index (χ3n) is 3.61. The smallest absolute Gasteiger partial charge is 0.341 e. The van der Waals surface area contributed by atoms with Crippen molar-refractivity contribution in [3.8, 4) is 0 Å². The van der Waals surface area contributed by atoms with Crippen LogP contribution < -0.4 is 4.90 Å². The Kier molecular flexibility index (Phi) is 5.16. The van der Waals surface area contributed by atoms with Gasteiger partial charge in [0.2, 0.25) is 9.84 Å². The number of benzene rings is 1. The summed E-state index contributed by atoms with van der Waals surface area (Å²) in [4.78, 5) is 1.76. The zero-order valence-electron chi connectivity index (χ0n) is 11.8. The Balaban J connectivity index is 2.04. The first-order valence-corrected chi connectivity index (χ1v) is 8.48. The molecule has 1 aliphatic rings. The van der Waals surface area contributed by atoms with Gasteiger partial charge in [-0.15, -0.1) is 0 Å². The lowest BCUT2D eigenvalue weighted by Crippen LogP contribution is -2.37. The van der Waals surface area contributed by atoms with Crippen molar-refractivity contribution in [1.82, 2.24) is 0 Å². The molecular weight excluding hydrogens is 300 g/mol. The Labute approximate surface area is 123 Å². The van der Waals surface area contributed by atoms with Crippen LogP contribution in [0, 0.1) is 0 Å². The first-order chi connectivity index (χ1) is 9.95. The van der Waals surface area contributed by atoms with E-state index in [4.69, 9.17) is 4.74 Å². The molecule has 0 spiro atoms. The number of sulfone groups is 1. The molecule has 7 heteroatoms. The molecule has 0 radical (unpaired) electrons. The second-order valence-corrected chi connectivity index (χ2v) is 6.86. The summed E-state index contributed by atoms with van der Waals surface area (Å²) in [5.74, 6) is -3.38. The van der Waals surface area contributed by atoms with Crippen molar-refractivity contribution >= 4 is 15.5 Å². The first kappa shape index (κ1) is 16.2. The summed E-state index contributed by atoms with van der Waals surface area (Å²) in [5.41, 5.74) is 0.846. The molecule has 1 aliphatic heterocycles. The highest BCUT2D eigenvalue weighted by atomic mass is 32.2. The van der Waals surface area contributed by atoms with Crippen LogP contribution in [0.2, 0.25) is 0 Å². The molecule has 0 amide bonds. The Morgan fingerprint density at radius 2 is 1.81 bits per heavy atom. The molecule has 0 aliphatic carbocycles. The van der Waals surface area contributed by atoms with Crippen LogP contribution in [0.25, 0.3) is 0 Å². The van der Waals surface area contributed by atoms with E-state index in [0.29, 0.717) is 6.61 Å². The van der Waals surface area contributed by atoms with Crippen molar-refractivity contribution in [2.45, 2.75) is 36.5 Å². The van der Waals surface area contributed by atoms with Crippen LogP contribution >= 0.6 is 0 Å². The highest BCUT2D eigenvalue weighted by Crippen LogP contribution is 2.25. The molecule has 1 aromatic rings. The minimum atomic E-state index is -4.51. The Morgan fingerprint density at radius 1 is 1.24 bits per heavy atom. The molecule has 0 saturated carbocycles. The van der Waals surface area contributed by atoms with Crippen molar-refractivity contribution < 1.29 is 21.9 Å². The molecule has 118 valence electrons. The molecule has 0 atom stereocenters. The van der Waals surface area contributed by atoms with Crippen molar-refractivity contribution in [3.05, 3.63) is 24.3 Å². The van der Waals surface area contributed by atoms with Gasteiger partial charge in [-0.25, -0.2) is 8.42 Å². The standard InChI is InChI=1S/C14H19F2NO3S/c1-2-20-12-7-9-17(10-8-12)11-3-5-13(6-4-11)21(18,19)14(15)16/h3-6,12,14H,2,7-10H2,1H3. The summed E-state index contributed by atoms with van der Waals surface area (Å²) in [6.07, 6.45) is 2.08. The molecule has 1 heterocycles. The monoisotopic (exact) mass is 319 g/mol. The molecule has 1 saturated heterocycles. The fourth-order valence-corrected chi connectivity index (χ4v) is 3.19. The number of halogens is 2. The van der Waals surface area contributed by atoms with Gasteiger partial charge in [0.15, 0.2) is 0 Å². The topological polar surface area (TPSA) is 46.6 Å². The summed E-state index contributed by atoms with van der Waals surface area (Å²) in [6, 6.07) is 5.64. The average Bonchev–Trinajstić information content (AvgIpc) is 2.48. The van der Waals surface area contributed by atoms with Gasteiger partial charge in [0.25, 0.3) is 0 Å². The fourth-order valence-electron chi connectivity index (χ4n) is 2.47. The van der Waals surface area contributed by atoms with Crippen LogP contribution in [-0.2, 0) is 14.6 Å². The second-order valence-electron chi connectivity index (χ2n) is 4.94. The van der Waals surface area contributed by atoms with Gasteiger partial charge in [-0.3, -0.25) is 0 Å². The lowest BCUT2D eigenvalue weighted by molar-refractivity contribution is 0.0459. The van der Waals surface area contributed by atoms with E-state index in [-0.39, 0.29) is 11.0 Å². The van der Waals surface area contributed by atoms with Gasteiger partial charge in [0.05, 0.1) is 11.0 Å². The summed E-state index contributed by atoms with van der Waals surface area (Å²) in [5, 5.41) is 0. The van der Waals surface area contributed by atoms with Gasteiger partial charge in [0, 0.05) is 25.4 Å². The minimum Gasteiger partial charge on any atom is -0.378 e. The number of nitrogens with zero attached hydrogens (tertiary/aromatic N) is 1. The van der Waals surface area contributed by atoms with Gasteiger partial charge < -0.3 is 9.64 Å². The zero-order valence-corrected chi connectivity index (χ0v) is 12.7. The number of hydrogen-bond acceptors (Lipinski definition) is 4. The van der Waals surface area contributed by atoms with Crippen LogP contribution in [0.15, 0.2) is 29.2 Å². The lowest BCUT2D eigenvalue weighted by Gasteiger charge is -2.33. The normalized spacial score (nSPS) is 17.4. The van der Waals surface area contributed by atoms with E-state index in [1.165, 1.54) is 12.1 Å². The van der Waals surface area contributed by atoms with Crippen LogP contribution in [0.4, 0.5) is 14.5 Å². The third kappa shape index (κ3) is 3.71. The maximum atomic E-state index is 12.5. The molecule has 2 rings (SSSR count). The van der Waals surface area contributed by atoms with E-state index < -0.39 is 15.6 Å². The molecule has 21 heavy (non-hydrogen) atoms. The van der Waals surface area contributed by atoms with Crippen molar-refractivity contribution in [2.24, 2.45) is 0 Å². The molecule has 0 unspecified atom stereocenters. The van der Waals surface area contributed by atoms with Crippen LogP contribution in [-0.4, -0.2) is 40.0 Å². The predicted molar refractivity (Wildman–Crippen MR) is 76.5 cm³/mol. The lowest BCUT2D eigenvalue weighted by atomic mass is 10.1. The number of anilines is 1. The van der Waals surface area contributed by atoms with Crippen LogP contribution in [0.5, 0.6) is 0 Å². The zero-order chi connectivity index (χ0) is 15.5. The summed E-state index contributed by atoms with van der Waals surface area (Å²) in [6.45, 7) is 4.29. The first-order valence-electron chi connectivity index (χ1n) is 6.94. The SMILES string of the molecule is CCOC1CCN(c2ccc(S(=O)(=O)C(F)F)cc2)CC1. The Morgan fingerprint density at radius 3 is 2.29 bits per heavy atom. The molecule has 0 bridgehead atoms. The summed E-state index contributed by atoms with van der Waals surface area (Å²) < 4.78 is 53.2. The van der Waals surface area contributed by atoms with E-state index in [0.717, 1.165) is 31.6 Å². The van der Waals surface area contributed by atoms with Gasteiger partial charge in [-0.05, 0) is 44.0 Å². The van der Waals surface area contributed by atoms with Crippen molar-refractivity contribution in [2.75, 3.05) is 24.6 Å². The van der Waals surface area contributed by atoms with E-state index in [1.54, 1.807) is 12.1 Å². The molecular formula is C14H19F2NO3S. The quantitative estimate of drug-likeness (QED) is 0.837. The van der Waals surface area contributed by atoms with Gasteiger partial charge >= 0.3 is 5.76 Å². The third-order valence-corrected chi connectivity index (χ3v) is 5.01. The highest BCUT2D eigenvalue weighted by Gasteiger charge is 2.26. The van der Waals surface area contributed by atoms with Gasteiger partial charge in [-0.1, -0.05) is 0 Å². The van der Waals surface area contributed by atoms with Crippen LogP contribution in [0.3, 0.4) is 0 Å². The summed E-state index contributed by atoms with van der Waals surface area (Å²) >= 11 is 0. The molecule has 1 aromatic carbocycles. The van der Waals surface area contributed by atoms with E-state index in [9.17, 15) is 17.2 Å². The van der Waals surface area contributed by atoms with Gasteiger partial charge in [0.1, 0.15) is 0 Å². The summed E-state index contributed by atoms with van der Waals surface area (Å²) in [7, 11) is -4.51. The minimum absolute atomic E-state index is 0.268. The number of rotatable bonds is 5. The highest BCUT2D eigenvalue weighted by molar-refractivity contribution is 7.91. The Hall–Kier alpha value is -1.21. The maximum Gasteiger partial charge on any atom is 0.341 e. The maximum absolute atomic E-state index is 12.5. The molecule has 0 N–H and O–H groups in total. The van der Waals surface area contributed by atoms with Gasteiger partial charge in [-0.2, -0.15) is 8.78 Å². The second kappa shape index (κ2) is 6.70. The average molecular weight is 319 g/mol. The largest absolute Gasteiger partial charge is 0.378 e. The molecule has 1 fully saturated rings. The number of piperidine rings is 1. The van der Waals surface area contributed by atoms with Crippen LogP contribution in [0.1, 0.15) is 19.8 Å². The number of hydrogen-bond donors (Lipinski definition) is 0. The predicted octanol–water partition coefficient (Wildman–Crippen LogP) is 2.69. The van der Waals surface area contributed by atoms with E-state index in [2.05, 4.69) is 4.90 Å². The number of ether oxygens (including phenoxy) is 1.